The molecule has 0 amide bonds. The Balaban J connectivity index is 1.79. The second-order valence-corrected chi connectivity index (χ2v) is 6.86. The number of pyridine rings is 2. The Morgan fingerprint density at radius 1 is 1.00 bits per heavy atom. The van der Waals surface area contributed by atoms with E-state index in [1.165, 1.54) is 16.7 Å². The molecule has 0 aliphatic rings. The van der Waals surface area contributed by atoms with E-state index in [9.17, 15) is 4.79 Å². The number of fused-ring (bicyclic) bond motifs is 1. The first kappa shape index (κ1) is 17.1. The molecule has 0 radical (unpaired) electrons. The fourth-order valence-electron chi connectivity index (χ4n) is 3.42. The predicted octanol–water partition coefficient (Wildman–Crippen LogP) is 4.02. The minimum Gasteiger partial charge on any atom is -0.378 e. The Bertz CT molecular complexity index is 1170. The van der Waals surface area contributed by atoms with E-state index >= 15 is 0 Å². The molecule has 0 fully saturated rings. The van der Waals surface area contributed by atoms with Crippen LogP contribution in [0.15, 0.2) is 65.8 Å². The standard InChI is InChI=1S/C22H22N4O/c1-15-7-6-8-16(2)19(15)12-23-20-11-18(26-10-5-4-9-21(26)27)14-25-13-17(3)24-22(20)25/h4-11,13-14,23H,12H2,1-3H3. The summed E-state index contributed by atoms with van der Waals surface area (Å²) in [6.45, 7) is 6.92. The van der Waals surface area contributed by atoms with E-state index in [1.54, 1.807) is 22.9 Å². The molecule has 0 bridgehead atoms. The maximum atomic E-state index is 12.3. The van der Waals surface area contributed by atoms with E-state index in [-0.39, 0.29) is 5.56 Å². The Kier molecular flexibility index (Phi) is 4.28. The minimum atomic E-state index is -0.0608. The summed E-state index contributed by atoms with van der Waals surface area (Å²) in [5.41, 5.74) is 7.22. The topological polar surface area (TPSA) is 51.3 Å². The van der Waals surface area contributed by atoms with Crippen LogP contribution in [0.1, 0.15) is 22.4 Å². The van der Waals surface area contributed by atoms with E-state index in [0.29, 0.717) is 6.54 Å². The molecule has 0 spiro atoms. The number of nitrogens with zero attached hydrogens (tertiary/aromatic N) is 3. The van der Waals surface area contributed by atoms with Crippen molar-refractivity contribution in [3.05, 3.63) is 93.8 Å². The van der Waals surface area contributed by atoms with Crippen LogP contribution in [0.3, 0.4) is 0 Å². The molecule has 3 aromatic heterocycles. The van der Waals surface area contributed by atoms with E-state index < -0.39 is 0 Å². The van der Waals surface area contributed by atoms with E-state index in [1.807, 2.05) is 35.9 Å². The lowest BCUT2D eigenvalue weighted by Crippen LogP contribution is -2.16. The average molecular weight is 358 g/mol. The van der Waals surface area contributed by atoms with Gasteiger partial charge in [0.15, 0.2) is 5.65 Å². The zero-order chi connectivity index (χ0) is 19.0. The Morgan fingerprint density at radius 2 is 1.78 bits per heavy atom. The fourth-order valence-corrected chi connectivity index (χ4v) is 3.42. The maximum absolute atomic E-state index is 12.3. The number of hydrogen-bond acceptors (Lipinski definition) is 3. The summed E-state index contributed by atoms with van der Waals surface area (Å²) in [5.74, 6) is 0. The first-order valence-corrected chi connectivity index (χ1v) is 8.99. The van der Waals surface area contributed by atoms with Gasteiger partial charge < -0.3 is 9.72 Å². The maximum Gasteiger partial charge on any atom is 0.255 e. The van der Waals surface area contributed by atoms with Gasteiger partial charge in [0, 0.05) is 31.2 Å². The Hall–Kier alpha value is -3.34. The molecule has 5 heteroatoms. The van der Waals surface area contributed by atoms with Gasteiger partial charge in [0.25, 0.3) is 5.56 Å². The third-order valence-corrected chi connectivity index (χ3v) is 4.86. The van der Waals surface area contributed by atoms with Crippen LogP contribution >= 0.6 is 0 Å². The van der Waals surface area contributed by atoms with Crippen LogP contribution in [-0.4, -0.2) is 14.0 Å². The number of aromatic nitrogens is 3. The molecular weight excluding hydrogens is 336 g/mol. The highest BCUT2D eigenvalue weighted by Gasteiger charge is 2.10. The van der Waals surface area contributed by atoms with Gasteiger partial charge in [0.1, 0.15) is 0 Å². The lowest BCUT2D eigenvalue weighted by Gasteiger charge is -2.14. The van der Waals surface area contributed by atoms with Gasteiger partial charge in [0.2, 0.25) is 0 Å². The zero-order valence-electron chi connectivity index (χ0n) is 15.7. The number of aryl methyl sites for hydroxylation is 3. The fraction of sp³-hybridized carbons (Fsp3) is 0.182. The molecule has 1 N–H and O–H groups in total. The van der Waals surface area contributed by atoms with Gasteiger partial charge in [-0.1, -0.05) is 24.3 Å². The van der Waals surface area contributed by atoms with Crippen molar-refractivity contribution in [2.45, 2.75) is 27.3 Å². The SMILES string of the molecule is Cc1cn2cc(-n3ccccc3=O)cc(NCc3c(C)cccc3C)c2n1. The lowest BCUT2D eigenvalue weighted by atomic mass is 10.0. The first-order chi connectivity index (χ1) is 13.0. The Labute approximate surface area is 157 Å². The smallest absolute Gasteiger partial charge is 0.255 e. The van der Waals surface area contributed by atoms with Gasteiger partial charge in [0.05, 0.1) is 17.1 Å². The summed E-state index contributed by atoms with van der Waals surface area (Å²) in [7, 11) is 0. The van der Waals surface area contributed by atoms with Gasteiger partial charge in [-0.2, -0.15) is 0 Å². The average Bonchev–Trinajstić information content (AvgIpc) is 3.02. The molecule has 0 saturated heterocycles. The Morgan fingerprint density at radius 3 is 2.52 bits per heavy atom. The molecule has 4 aromatic rings. The first-order valence-electron chi connectivity index (χ1n) is 8.99. The molecule has 5 nitrogen and oxygen atoms in total. The summed E-state index contributed by atoms with van der Waals surface area (Å²) in [6.07, 6.45) is 5.68. The highest BCUT2D eigenvalue weighted by Crippen LogP contribution is 2.23. The second-order valence-electron chi connectivity index (χ2n) is 6.86. The highest BCUT2D eigenvalue weighted by atomic mass is 16.1. The molecule has 27 heavy (non-hydrogen) atoms. The second kappa shape index (κ2) is 6.76. The van der Waals surface area contributed by atoms with E-state index in [0.717, 1.165) is 22.7 Å². The molecule has 0 aliphatic heterocycles. The van der Waals surface area contributed by atoms with Crippen LogP contribution in [0.25, 0.3) is 11.3 Å². The molecule has 3 heterocycles. The normalized spacial score (nSPS) is 11.1. The number of benzene rings is 1. The molecular formula is C22H22N4O. The number of rotatable bonds is 4. The van der Waals surface area contributed by atoms with Gasteiger partial charge >= 0.3 is 0 Å². The predicted molar refractivity (Wildman–Crippen MR) is 109 cm³/mol. The van der Waals surface area contributed by atoms with Gasteiger partial charge in [-0.25, -0.2) is 4.98 Å². The van der Waals surface area contributed by atoms with Crippen LogP contribution < -0.4 is 10.9 Å². The van der Waals surface area contributed by atoms with Crippen LogP contribution in [0.4, 0.5) is 5.69 Å². The molecule has 1 aromatic carbocycles. The largest absolute Gasteiger partial charge is 0.378 e. The van der Waals surface area contributed by atoms with Crippen LogP contribution in [0, 0.1) is 20.8 Å². The minimum absolute atomic E-state index is 0.0608. The third-order valence-electron chi connectivity index (χ3n) is 4.86. The lowest BCUT2D eigenvalue weighted by molar-refractivity contribution is 0.967. The van der Waals surface area contributed by atoms with E-state index in [2.05, 4.69) is 42.3 Å². The van der Waals surface area contributed by atoms with E-state index in [4.69, 9.17) is 0 Å². The zero-order valence-corrected chi connectivity index (χ0v) is 15.7. The third kappa shape index (κ3) is 3.24. The molecule has 0 aliphatic carbocycles. The van der Waals surface area contributed by atoms with Crippen molar-refractivity contribution in [2.75, 3.05) is 5.32 Å². The van der Waals surface area contributed by atoms with Crippen molar-refractivity contribution in [1.82, 2.24) is 14.0 Å². The number of anilines is 1. The quantitative estimate of drug-likeness (QED) is 0.599. The molecule has 4 rings (SSSR count). The van der Waals surface area contributed by atoms with Crippen molar-refractivity contribution in [1.29, 1.82) is 0 Å². The molecule has 0 unspecified atom stereocenters. The summed E-state index contributed by atoms with van der Waals surface area (Å²) in [4.78, 5) is 16.9. The van der Waals surface area contributed by atoms with Crippen molar-refractivity contribution in [2.24, 2.45) is 0 Å². The molecule has 0 atom stereocenters. The highest BCUT2D eigenvalue weighted by molar-refractivity contribution is 5.71. The summed E-state index contributed by atoms with van der Waals surface area (Å²) < 4.78 is 3.61. The summed E-state index contributed by atoms with van der Waals surface area (Å²) in [5, 5.41) is 3.53. The van der Waals surface area contributed by atoms with Gasteiger partial charge in [-0.15, -0.1) is 0 Å². The molecule has 136 valence electrons. The van der Waals surface area contributed by atoms with Crippen LogP contribution in [-0.2, 0) is 6.54 Å². The van der Waals surface area contributed by atoms with Crippen LogP contribution in [0.5, 0.6) is 0 Å². The molecule has 0 saturated carbocycles. The monoisotopic (exact) mass is 358 g/mol. The van der Waals surface area contributed by atoms with Gasteiger partial charge in [-0.3, -0.25) is 9.36 Å². The number of imidazole rings is 1. The summed E-state index contributed by atoms with van der Waals surface area (Å²) >= 11 is 0. The van der Waals surface area contributed by atoms with Crippen LogP contribution in [0.2, 0.25) is 0 Å². The van der Waals surface area contributed by atoms with Gasteiger partial charge in [-0.05, 0) is 49.6 Å². The van der Waals surface area contributed by atoms with Crippen molar-refractivity contribution in [3.63, 3.8) is 0 Å². The number of hydrogen-bond donors (Lipinski definition) is 1. The summed E-state index contributed by atoms with van der Waals surface area (Å²) in [6, 6.07) is 13.5. The number of nitrogens with one attached hydrogen (secondary N) is 1. The van der Waals surface area contributed by atoms with Crippen molar-refractivity contribution < 1.29 is 0 Å². The van der Waals surface area contributed by atoms with Crippen molar-refractivity contribution in [3.8, 4) is 5.69 Å². The van der Waals surface area contributed by atoms with Crippen molar-refractivity contribution >= 4 is 11.3 Å².